The van der Waals surface area contributed by atoms with Gasteiger partial charge in [-0.3, -0.25) is 4.90 Å². The smallest absolute Gasteiger partial charge is 0.380 e. The molecule has 22 heavy (non-hydrogen) atoms. The number of piperidine rings is 1. The minimum Gasteiger partial charge on any atom is -0.380 e. The first-order valence-corrected chi connectivity index (χ1v) is 8.31. The van der Waals surface area contributed by atoms with Crippen molar-refractivity contribution in [1.82, 2.24) is 9.80 Å². The molecule has 2 fully saturated rings. The minimum absolute atomic E-state index is 0.0286. The standard InChI is InChI=1S/C16H29F3N2O/c1-13(2)20-7-4-14(5-8-20)21(9-6-16(17,18)19)10-15(3)11-22-12-15/h13-14H,4-12H2,1-3H3. The Morgan fingerprint density at radius 2 is 1.82 bits per heavy atom. The van der Waals surface area contributed by atoms with Crippen molar-refractivity contribution < 1.29 is 17.9 Å². The average Bonchev–Trinajstić information content (AvgIpc) is 2.40. The lowest BCUT2D eigenvalue weighted by molar-refractivity contribution is -0.149. The second-order valence-corrected chi connectivity index (χ2v) is 7.50. The maximum Gasteiger partial charge on any atom is 0.390 e. The quantitative estimate of drug-likeness (QED) is 0.747. The molecule has 2 saturated heterocycles. The summed E-state index contributed by atoms with van der Waals surface area (Å²) in [7, 11) is 0. The third-order valence-corrected chi connectivity index (χ3v) is 4.91. The Labute approximate surface area is 131 Å². The molecule has 0 aromatic rings. The molecule has 3 nitrogen and oxygen atoms in total. The van der Waals surface area contributed by atoms with Gasteiger partial charge < -0.3 is 9.64 Å². The lowest BCUT2D eigenvalue weighted by Crippen LogP contribution is -2.54. The molecule has 0 aliphatic carbocycles. The van der Waals surface area contributed by atoms with E-state index in [-0.39, 0.29) is 18.0 Å². The summed E-state index contributed by atoms with van der Waals surface area (Å²) in [5.41, 5.74) is 0.0286. The molecule has 0 aromatic carbocycles. The summed E-state index contributed by atoms with van der Waals surface area (Å²) in [5.74, 6) is 0. The van der Waals surface area contributed by atoms with Crippen LogP contribution in [0, 0.1) is 5.41 Å². The molecule has 2 aliphatic rings. The van der Waals surface area contributed by atoms with Crippen LogP contribution in [-0.2, 0) is 4.74 Å². The average molecular weight is 322 g/mol. The summed E-state index contributed by atoms with van der Waals surface area (Å²) in [4.78, 5) is 4.49. The van der Waals surface area contributed by atoms with Crippen molar-refractivity contribution in [2.45, 2.75) is 58.3 Å². The molecule has 0 atom stereocenters. The highest BCUT2D eigenvalue weighted by Gasteiger charge is 2.39. The number of hydrogen-bond donors (Lipinski definition) is 0. The molecule has 0 N–H and O–H groups in total. The lowest BCUT2D eigenvalue weighted by atomic mass is 9.86. The molecule has 0 unspecified atom stereocenters. The van der Waals surface area contributed by atoms with Crippen molar-refractivity contribution in [2.24, 2.45) is 5.41 Å². The third kappa shape index (κ3) is 5.10. The molecular formula is C16H29F3N2O. The Bertz CT molecular complexity index is 348. The van der Waals surface area contributed by atoms with E-state index in [0.29, 0.717) is 19.3 Å². The monoisotopic (exact) mass is 322 g/mol. The normalized spacial score (nSPS) is 24.0. The Kier molecular flexibility index (Phi) is 5.78. The van der Waals surface area contributed by atoms with Crippen LogP contribution < -0.4 is 0 Å². The SMILES string of the molecule is CC(C)N1CCC(N(CCC(F)(F)F)CC2(C)COC2)CC1. The zero-order chi connectivity index (χ0) is 16.4. The molecule has 2 aliphatic heterocycles. The van der Waals surface area contributed by atoms with E-state index in [2.05, 4.69) is 30.6 Å². The van der Waals surface area contributed by atoms with Gasteiger partial charge in [0, 0.05) is 30.6 Å². The van der Waals surface area contributed by atoms with E-state index in [1.807, 2.05) is 0 Å². The first-order chi connectivity index (χ1) is 10.2. The second kappa shape index (κ2) is 7.05. The Morgan fingerprint density at radius 1 is 1.23 bits per heavy atom. The Balaban J connectivity index is 1.92. The predicted molar refractivity (Wildman–Crippen MR) is 80.9 cm³/mol. The number of alkyl halides is 3. The molecule has 2 heterocycles. The van der Waals surface area contributed by atoms with Crippen molar-refractivity contribution in [3.8, 4) is 0 Å². The van der Waals surface area contributed by atoms with Gasteiger partial charge in [0.05, 0.1) is 19.6 Å². The fraction of sp³-hybridized carbons (Fsp3) is 1.00. The topological polar surface area (TPSA) is 15.7 Å². The van der Waals surface area contributed by atoms with E-state index in [0.717, 1.165) is 32.5 Å². The zero-order valence-electron chi connectivity index (χ0n) is 14.0. The van der Waals surface area contributed by atoms with Crippen molar-refractivity contribution in [2.75, 3.05) is 39.4 Å². The fourth-order valence-corrected chi connectivity index (χ4v) is 3.46. The molecule has 0 aromatic heterocycles. The summed E-state index contributed by atoms with van der Waals surface area (Å²) in [6.07, 6.45) is -2.86. The number of likely N-dealkylation sites (tertiary alicyclic amines) is 1. The highest BCUT2D eigenvalue weighted by Crippen LogP contribution is 2.31. The zero-order valence-corrected chi connectivity index (χ0v) is 14.0. The van der Waals surface area contributed by atoms with Crippen LogP contribution in [0.1, 0.15) is 40.0 Å². The van der Waals surface area contributed by atoms with Gasteiger partial charge in [-0.2, -0.15) is 13.2 Å². The van der Waals surface area contributed by atoms with Gasteiger partial charge in [-0.05, 0) is 39.8 Å². The fourth-order valence-electron chi connectivity index (χ4n) is 3.46. The van der Waals surface area contributed by atoms with Crippen LogP contribution in [0.3, 0.4) is 0 Å². The number of ether oxygens (including phenoxy) is 1. The van der Waals surface area contributed by atoms with Crippen LogP contribution in [0.25, 0.3) is 0 Å². The predicted octanol–water partition coefficient (Wildman–Crippen LogP) is 3.15. The first-order valence-electron chi connectivity index (χ1n) is 8.31. The first kappa shape index (κ1) is 18.0. The van der Waals surface area contributed by atoms with Crippen LogP contribution in [0.5, 0.6) is 0 Å². The lowest BCUT2D eigenvalue weighted by Gasteiger charge is -2.46. The van der Waals surface area contributed by atoms with Gasteiger partial charge in [-0.15, -0.1) is 0 Å². The highest BCUT2D eigenvalue weighted by atomic mass is 19.4. The molecule has 130 valence electrons. The summed E-state index contributed by atoms with van der Waals surface area (Å²) >= 11 is 0. The van der Waals surface area contributed by atoms with Crippen LogP contribution in [0.15, 0.2) is 0 Å². The molecule has 2 rings (SSSR count). The molecule has 0 bridgehead atoms. The molecule has 0 amide bonds. The molecule has 6 heteroatoms. The van der Waals surface area contributed by atoms with Crippen LogP contribution in [0.4, 0.5) is 13.2 Å². The maximum atomic E-state index is 12.6. The second-order valence-electron chi connectivity index (χ2n) is 7.50. The van der Waals surface area contributed by atoms with Crippen molar-refractivity contribution in [3.63, 3.8) is 0 Å². The van der Waals surface area contributed by atoms with Gasteiger partial charge in [0.25, 0.3) is 0 Å². The highest BCUT2D eigenvalue weighted by molar-refractivity contribution is 4.89. The van der Waals surface area contributed by atoms with Gasteiger partial charge in [0.1, 0.15) is 0 Å². The van der Waals surface area contributed by atoms with Crippen molar-refractivity contribution in [3.05, 3.63) is 0 Å². The molecule has 0 spiro atoms. The Hall–Kier alpha value is -0.330. The minimum atomic E-state index is -4.08. The summed E-state index contributed by atoms with van der Waals surface area (Å²) < 4.78 is 43.1. The largest absolute Gasteiger partial charge is 0.390 e. The summed E-state index contributed by atoms with van der Waals surface area (Å²) in [6, 6.07) is 0.789. The van der Waals surface area contributed by atoms with Crippen LogP contribution in [0.2, 0.25) is 0 Å². The van der Waals surface area contributed by atoms with Crippen molar-refractivity contribution in [1.29, 1.82) is 0 Å². The maximum absolute atomic E-state index is 12.6. The summed E-state index contributed by atoms with van der Waals surface area (Å²) in [5, 5.41) is 0. The number of hydrogen-bond acceptors (Lipinski definition) is 3. The van der Waals surface area contributed by atoms with Gasteiger partial charge in [0.15, 0.2) is 0 Å². The number of rotatable bonds is 6. The van der Waals surface area contributed by atoms with Gasteiger partial charge in [-0.1, -0.05) is 6.92 Å². The van der Waals surface area contributed by atoms with E-state index >= 15 is 0 Å². The van der Waals surface area contributed by atoms with E-state index < -0.39 is 12.6 Å². The van der Waals surface area contributed by atoms with Gasteiger partial charge in [-0.25, -0.2) is 0 Å². The van der Waals surface area contributed by atoms with Gasteiger partial charge in [0.2, 0.25) is 0 Å². The van der Waals surface area contributed by atoms with Gasteiger partial charge >= 0.3 is 6.18 Å². The van der Waals surface area contributed by atoms with Crippen LogP contribution >= 0.6 is 0 Å². The third-order valence-electron chi connectivity index (χ3n) is 4.91. The molecule has 0 saturated carbocycles. The van der Waals surface area contributed by atoms with E-state index in [1.165, 1.54) is 0 Å². The van der Waals surface area contributed by atoms with E-state index in [1.54, 1.807) is 0 Å². The summed E-state index contributed by atoms with van der Waals surface area (Å²) in [6.45, 7) is 10.6. The van der Waals surface area contributed by atoms with E-state index in [9.17, 15) is 13.2 Å². The van der Waals surface area contributed by atoms with E-state index in [4.69, 9.17) is 4.74 Å². The number of nitrogens with zero attached hydrogens (tertiary/aromatic N) is 2. The molecule has 0 radical (unpaired) electrons. The molecular weight excluding hydrogens is 293 g/mol. The Morgan fingerprint density at radius 3 is 2.23 bits per heavy atom. The van der Waals surface area contributed by atoms with Crippen molar-refractivity contribution >= 4 is 0 Å². The number of halogens is 3. The van der Waals surface area contributed by atoms with Crippen LogP contribution in [-0.4, -0.2) is 67.5 Å².